The van der Waals surface area contributed by atoms with Gasteiger partial charge in [0.1, 0.15) is 0 Å². The third-order valence-corrected chi connectivity index (χ3v) is 5.04. The zero-order valence-electron chi connectivity index (χ0n) is 13.7. The van der Waals surface area contributed by atoms with Gasteiger partial charge in [-0.15, -0.1) is 0 Å². The summed E-state index contributed by atoms with van der Waals surface area (Å²) in [6.07, 6.45) is 3.70. The van der Waals surface area contributed by atoms with Crippen LogP contribution in [0.3, 0.4) is 0 Å². The first-order valence-corrected chi connectivity index (χ1v) is 8.51. The number of fused-ring (bicyclic) bond motifs is 1. The van der Waals surface area contributed by atoms with Crippen molar-refractivity contribution >= 4 is 23.2 Å². The maximum atomic E-state index is 12.5. The predicted octanol–water partition coefficient (Wildman–Crippen LogP) is 3.87. The van der Waals surface area contributed by atoms with Crippen LogP contribution in [0.25, 0.3) is 0 Å². The Morgan fingerprint density at radius 2 is 1.42 bits per heavy atom. The van der Waals surface area contributed by atoms with Gasteiger partial charge in [-0.25, -0.2) is 4.90 Å². The largest absolute Gasteiger partial charge is 0.369 e. The van der Waals surface area contributed by atoms with Gasteiger partial charge in [-0.1, -0.05) is 12.1 Å². The van der Waals surface area contributed by atoms with Crippen molar-refractivity contribution in [3.8, 4) is 0 Å². The van der Waals surface area contributed by atoms with E-state index in [1.54, 1.807) is 24.3 Å². The van der Waals surface area contributed by atoms with E-state index in [0.717, 1.165) is 12.2 Å². The van der Waals surface area contributed by atoms with E-state index in [1.807, 2.05) is 24.3 Å². The smallest absolute Gasteiger partial charge is 0.266 e. The lowest BCUT2D eigenvalue weighted by atomic mass is 10.0. The molecular formula is C20H20N2O2. The molecule has 4 rings (SSSR count). The predicted molar refractivity (Wildman–Crippen MR) is 94.7 cm³/mol. The van der Waals surface area contributed by atoms with Crippen molar-refractivity contribution < 1.29 is 9.59 Å². The number of piperidine rings is 1. The van der Waals surface area contributed by atoms with Crippen LogP contribution in [0.5, 0.6) is 0 Å². The Kier molecular flexibility index (Phi) is 3.60. The van der Waals surface area contributed by atoms with Gasteiger partial charge in [0.25, 0.3) is 11.8 Å². The molecule has 0 spiro atoms. The highest BCUT2D eigenvalue weighted by Gasteiger charge is 2.36. The van der Waals surface area contributed by atoms with Gasteiger partial charge in [-0.3, -0.25) is 9.59 Å². The average molecular weight is 320 g/mol. The van der Waals surface area contributed by atoms with E-state index in [4.69, 9.17) is 0 Å². The number of carbonyl (C=O) groups is 2. The molecule has 4 nitrogen and oxygen atoms in total. The summed E-state index contributed by atoms with van der Waals surface area (Å²) in [5, 5.41) is 0. The summed E-state index contributed by atoms with van der Waals surface area (Å²) in [5.74, 6) is -0.482. The fourth-order valence-corrected chi connectivity index (χ4v) is 3.70. The number of hydrogen-bond acceptors (Lipinski definition) is 3. The fraction of sp³-hybridized carbons (Fsp3) is 0.300. The van der Waals surface area contributed by atoms with Crippen molar-refractivity contribution in [1.29, 1.82) is 0 Å². The van der Waals surface area contributed by atoms with Crippen LogP contribution in [-0.4, -0.2) is 24.4 Å². The molecule has 0 aromatic heterocycles. The van der Waals surface area contributed by atoms with E-state index in [0.29, 0.717) is 22.9 Å². The van der Waals surface area contributed by atoms with E-state index in [9.17, 15) is 9.59 Å². The first-order valence-electron chi connectivity index (χ1n) is 8.51. The second kappa shape index (κ2) is 5.78. The maximum absolute atomic E-state index is 12.5. The minimum absolute atomic E-state index is 0.241. The summed E-state index contributed by atoms with van der Waals surface area (Å²) in [6.45, 7) is 3.31. The molecule has 2 aliphatic rings. The molecule has 0 N–H and O–H groups in total. The molecule has 2 heterocycles. The topological polar surface area (TPSA) is 40.6 Å². The van der Waals surface area contributed by atoms with E-state index < -0.39 is 0 Å². The maximum Gasteiger partial charge on any atom is 0.266 e. The molecule has 24 heavy (non-hydrogen) atoms. The Balaban J connectivity index is 1.62. The van der Waals surface area contributed by atoms with E-state index in [1.165, 1.54) is 24.2 Å². The Morgan fingerprint density at radius 1 is 0.833 bits per heavy atom. The molecule has 122 valence electrons. The highest BCUT2D eigenvalue weighted by atomic mass is 16.2. The zero-order valence-corrected chi connectivity index (χ0v) is 13.7. The third-order valence-electron chi connectivity index (χ3n) is 5.04. The molecule has 0 aliphatic carbocycles. The Morgan fingerprint density at radius 3 is 2.00 bits per heavy atom. The summed E-state index contributed by atoms with van der Waals surface area (Å²) in [6, 6.07) is 15.3. The molecule has 1 saturated heterocycles. The number of benzene rings is 2. The van der Waals surface area contributed by atoms with Gasteiger partial charge in [-0.05, 0) is 62.6 Å². The van der Waals surface area contributed by atoms with Crippen LogP contribution in [0.1, 0.15) is 46.9 Å². The summed E-state index contributed by atoms with van der Waals surface area (Å²) in [7, 11) is 0. The molecule has 0 saturated carbocycles. The molecule has 1 fully saturated rings. The average Bonchev–Trinajstić information content (AvgIpc) is 2.87. The Hall–Kier alpha value is -2.62. The molecular weight excluding hydrogens is 300 g/mol. The summed E-state index contributed by atoms with van der Waals surface area (Å²) in [5.41, 5.74) is 2.75. The van der Waals surface area contributed by atoms with Crippen LogP contribution < -0.4 is 9.80 Å². The lowest BCUT2D eigenvalue weighted by molar-refractivity contribution is 0.0926. The van der Waals surface area contributed by atoms with Gasteiger partial charge in [0.2, 0.25) is 0 Å². The van der Waals surface area contributed by atoms with E-state index >= 15 is 0 Å². The van der Waals surface area contributed by atoms with Crippen LogP contribution in [0.4, 0.5) is 11.4 Å². The number of anilines is 2. The summed E-state index contributed by atoms with van der Waals surface area (Å²) in [4.78, 5) is 28.8. The molecule has 0 radical (unpaired) electrons. The van der Waals surface area contributed by atoms with Gasteiger partial charge in [-0.2, -0.15) is 0 Å². The highest BCUT2D eigenvalue weighted by Crippen LogP contribution is 2.31. The second-order valence-corrected chi connectivity index (χ2v) is 6.55. The number of hydrogen-bond donors (Lipinski definition) is 0. The molecule has 2 aliphatic heterocycles. The van der Waals surface area contributed by atoms with Crippen LogP contribution in [-0.2, 0) is 0 Å². The van der Waals surface area contributed by atoms with Gasteiger partial charge in [0, 0.05) is 18.3 Å². The second-order valence-electron chi connectivity index (χ2n) is 6.55. The quantitative estimate of drug-likeness (QED) is 0.789. The van der Waals surface area contributed by atoms with Crippen molar-refractivity contribution in [2.45, 2.75) is 32.2 Å². The lowest BCUT2D eigenvalue weighted by Gasteiger charge is -2.35. The van der Waals surface area contributed by atoms with Crippen molar-refractivity contribution in [3.63, 3.8) is 0 Å². The van der Waals surface area contributed by atoms with Crippen LogP contribution in [0.15, 0.2) is 48.5 Å². The monoisotopic (exact) mass is 320 g/mol. The molecule has 4 heteroatoms. The zero-order chi connectivity index (χ0) is 16.7. The summed E-state index contributed by atoms with van der Waals surface area (Å²) >= 11 is 0. The molecule has 2 aromatic rings. The number of imide groups is 1. The molecule has 0 bridgehead atoms. The lowest BCUT2D eigenvalue weighted by Crippen LogP contribution is -2.37. The first kappa shape index (κ1) is 14.9. The molecule has 2 amide bonds. The number of rotatable bonds is 2. The number of nitrogens with zero attached hydrogens (tertiary/aromatic N) is 2. The minimum atomic E-state index is -0.241. The molecule has 2 aromatic carbocycles. The van der Waals surface area contributed by atoms with Crippen molar-refractivity contribution in [1.82, 2.24) is 0 Å². The fourth-order valence-electron chi connectivity index (χ4n) is 3.70. The van der Waals surface area contributed by atoms with Gasteiger partial charge < -0.3 is 4.90 Å². The van der Waals surface area contributed by atoms with Crippen molar-refractivity contribution in [2.75, 3.05) is 16.3 Å². The SMILES string of the molecule is CC1CCCCN1c1ccc(N2C(=O)c3ccccc3C2=O)cc1. The van der Waals surface area contributed by atoms with E-state index in [2.05, 4.69) is 11.8 Å². The van der Waals surface area contributed by atoms with Crippen LogP contribution >= 0.6 is 0 Å². The summed E-state index contributed by atoms with van der Waals surface area (Å²) < 4.78 is 0. The molecule has 1 atom stereocenters. The Bertz CT molecular complexity index is 763. The highest BCUT2D eigenvalue weighted by molar-refractivity contribution is 6.34. The third kappa shape index (κ3) is 2.30. The number of carbonyl (C=O) groups excluding carboxylic acids is 2. The van der Waals surface area contributed by atoms with Gasteiger partial charge in [0.15, 0.2) is 0 Å². The molecule has 1 unspecified atom stereocenters. The Labute approximate surface area is 141 Å². The first-order chi connectivity index (χ1) is 11.7. The number of amides is 2. The van der Waals surface area contributed by atoms with Gasteiger partial charge in [0.05, 0.1) is 16.8 Å². The van der Waals surface area contributed by atoms with Crippen LogP contribution in [0, 0.1) is 0 Å². The van der Waals surface area contributed by atoms with Crippen molar-refractivity contribution in [3.05, 3.63) is 59.7 Å². The standard InChI is InChI=1S/C20H20N2O2/c1-14-6-4-5-13-21(14)15-9-11-16(12-10-15)22-19(23)17-7-2-3-8-18(17)20(22)24/h2-3,7-12,14H,4-6,13H2,1H3. The van der Waals surface area contributed by atoms with Gasteiger partial charge >= 0.3 is 0 Å². The van der Waals surface area contributed by atoms with E-state index in [-0.39, 0.29) is 11.8 Å². The minimum Gasteiger partial charge on any atom is -0.369 e. The van der Waals surface area contributed by atoms with Crippen molar-refractivity contribution in [2.24, 2.45) is 0 Å². The normalized spacial score (nSPS) is 20.5. The van der Waals surface area contributed by atoms with Crippen LogP contribution in [0.2, 0.25) is 0 Å².